The molecule has 5 heteroatoms. The molecule has 0 heterocycles. The molecule has 0 saturated heterocycles. The summed E-state index contributed by atoms with van der Waals surface area (Å²) in [7, 11) is 0. The molecule has 1 N–H and O–H groups in total. The predicted molar refractivity (Wildman–Crippen MR) is 58.2 cm³/mol. The zero-order valence-electron chi connectivity index (χ0n) is 9.57. The van der Waals surface area contributed by atoms with Gasteiger partial charge in [-0.25, -0.2) is 0 Å². The summed E-state index contributed by atoms with van der Waals surface area (Å²) in [6.45, 7) is 0. The molecule has 2 saturated carbocycles. The molecule has 0 aromatic heterocycles. The van der Waals surface area contributed by atoms with Crippen LogP contribution in [-0.4, -0.2) is 17.6 Å². The first-order valence-corrected chi connectivity index (χ1v) is 5.95. The Balaban J connectivity index is 1.77. The van der Waals surface area contributed by atoms with Gasteiger partial charge in [0.2, 0.25) is 0 Å². The molecule has 3 atom stereocenters. The summed E-state index contributed by atoms with van der Waals surface area (Å²) in [5.74, 6) is 0.0882. The Labute approximate surface area is 102 Å². The summed E-state index contributed by atoms with van der Waals surface area (Å²) in [5.41, 5.74) is 1.02. The molecule has 1 aromatic rings. The van der Waals surface area contributed by atoms with Gasteiger partial charge in [-0.1, -0.05) is 12.1 Å². The second kappa shape index (κ2) is 3.63. The molecule has 18 heavy (non-hydrogen) atoms. The van der Waals surface area contributed by atoms with E-state index in [9.17, 15) is 18.3 Å². The van der Waals surface area contributed by atoms with Gasteiger partial charge in [-0.3, -0.25) is 0 Å². The number of aliphatic hydroxyl groups is 1. The minimum absolute atomic E-state index is 0.0101. The second-order valence-electron chi connectivity index (χ2n) is 5.14. The quantitative estimate of drug-likeness (QED) is 0.883. The highest BCUT2D eigenvalue weighted by Gasteiger charge is 2.62. The van der Waals surface area contributed by atoms with Crippen molar-refractivity contribution in [2.45, 2.75) is 37.1 Å². The van der Waals surface area contributed by atoms with Crippen LogP contribution in [-0.2, 0) is 5.41 Å². The lowest BCUT2D eigenvalue weighted by molar-refractivity contribution is -0.274. The molecule has 0 bridgehead atoms. The van der Waals surface area contributed by atoms with E-state index in [0.29, 0.717) is 0 Å². The summed E-state index contributed by atoms with van der Waals surface area (Å²) in [5, 5.41) is 9.70. The number of hydrogen-bond donors (Lipinski definition) is 1. The van der Waals surface area contributed by atoms with Crippen molar-refractivity contribution in [3.8, 4) is 5.75 Å². The summed E-state index contributed by atoms with van der Waals surface area (Å²) in [4.78, 5) is 0. The smallest absolute Gasteiger partial charge is 0.406 e. The van der Waals surface area contributed by atoms with Gasteiger partial charge in [0.1, 0.15) is 5.75 Å². The molecule has 2 nitrogen and oxygen atoms in total. The van der Waals surface area contributed by atoms with Crippen LogP contribution in [0.1, 0.15) is 24.8 Å². The van der Waals surface area contributed by atoms with Crippen molar-refractivity contribution in [3.05, 3.63) is 29.8 Å². The van der Waals surface area contributed by atoms with Crippen molar-refractivity contribution in [1.29, 1.82) is 0 Å². The van der Waals surface area contributed by atoms with Gasteiger partial charge in [-0.2, -0.15) is 0 Å². The molecule has 2 aliphatic carbocycles. The van der Waals surface area contributed by atoms with E-state index >= 15 is 0 Å². The van der Waals surface area contributed by atoms with Crippen LogP contribution in [0.4, 0.5) is 13.2 Å². The van der Waals surface area contributed by atoms with Gasteiger partial charge in [-0.05, 0) is 42.9 Å². The van der Waals surface area contributed by atoms with E-state index in [1.54, 1.807) is 12.1 Å². The van der Waals surface area contributed by atoms with Gasteiger partial charge in [-0.15, -0.1) is 13.2 Å². The van der Waals surface area contributed by atoms with Crippen LogP contribution in [0.5, 0.6) is 5.75 Å². The number of fused-ring (bicyclic) bond motifs is 1. The van der Waals surface area contributed by atoms with Crippen molar-refractivity contribution in [2.24, 2.45) is 5.92 Å². The highest BCUT2D eigenvalue weighted by atomic mass is 19.4. The van der Waals surface area contributed by atoms with Crippen LogP contribution >= 0.6 is 0 Å². The van der Waals surface area contributed by atoms with Crippen LogP contribution < -0.4 is 4.74 Å². The minimum Gasteiger partial charge on any atom is -0.406 e. The van der Waals surface area contributed by atoms with Crippen molar-refractivity contribution in [3.63, 3.8) is 0 Å². The largest absolute Gasteiger partial charge is 0.573 e. The van der Waals surface area contributed by atoms with E-state index in [1.165, 1.54) is 12.1 Å². The fraction of sp³-hybridized carbons (Fsp3) is 0.538. The topological polar surface area (TPSA) is 29.5 Å². The molecule has 1 aromatic carbocycles. The van der Waals surface area contributed by atoms with Gasteiger partial charge < -0.3 is 9.84 Å². The monoisotopic (exact) mass is 258 g/mol. The maximum atomic E-state index is 12.0. The van der Waals surface area contributed by atoms with Crippen LogP contribution in [0.15, 0.2) is 24.3 Å². The average molecular weight is 258 g/mol. The zero-order valence-corrected chi connectivity index (χ0v) is 9.57. The maximum Gasteiger partial charge on any atom is 0.573 e. The standard InChI is InChI=1S/C13H13F3O2/c14-13(15,16)18-9-3-1-8(2-4-9)12-6-5-11(17)10(12)7-12/h1-4,10-11,17H,5-7H2. The molecule has 2 fully saturated rings. The first-order valence-electron chi connectivity index (χ1n) is 5.95. The van der Waals surface area contributed by atoms with Gasteiger partial charge >= 0.3 is 6.36 Å². The lowest BCUT2D eigenvalue weighted by Crippen LogP contribution is -2.17. The zero-order chi connectivity index (χ0) is 13.0. The van der Waals surface area contributed by atoms with Gasteiger partial charge in [0.25, 0.3) is 0 Å². The lowest BCUT2D eigenvalue weighted by atomic mass is 9.93. The molecule has 0 amide bonds. The summed E-state index contributed by atoms with van der Waals surface area (Å²) in [6, 6.07) is 6.05. The van der Waals surface area contributed by atoms with E-state index in [4.69, 9.17) is 0 Å². The normalized spacial score (nSPS) is 34.2. The fourth-order valence-corrected chi connectivity index (χ4v) is 3.20. The van der Waals surface area contributed by atoms with E-state index in [-0.39, 0.29) is 23.2 Å². The summed E-state index contributed by atoms with van der Waals surface area (Å²) in [6.07, 6.45) is -2.26. The Kier molecular flexibility index (Phi) is 2.39. The maximum absolute atomic E-state index is 12.0. The first kappa shape index (κ1) is 11.8. The van der Waals surface area contributed by atoms with Gasteiger partial charge in [0.15, 0.2) is 0 Å². The van der Waals surface area contributed by atoms with Crippen molar-refractivity contribution >= 4 is 0 Å². The van der Waals surface area contributed by atoms with Crippen molar-refractivity contribution in [1.82, 2.24) is 0 Å². The van der Waals surface area contributed by atoms with E-state index in [2.05, 4.69) is 4.74 Å². The second-order valence-corrected chi connectivity index (χ2v) is 5.14. The van der Waals surface area contributed by atoms with Crippen LogP contribution in [0.3, 0.4) is 0 Å². The molecular formula is C13H13F3O2. The molecule has 0 spiro atoms. The van der Waals surface area contributed by atoms with Crippen LogP contribution in [0.2, 0.25) is 0 Å². The Bertz CT molecular complexity index is 454. The Morgan fingerprint density at radius 2 is 1.89 bits per heavy atom. The Morgan fingerprint density at radius 1 is 1.22 bits per heavy atom. The number of rotatable bonds is 2. The highest BCUT2D eigenvalue weighted by molar-refractivity contribution is 5.40. The molecular weight excluding hydrogens is 245 g/mol. The van der Waals surface area contributed by atoms with Crippen molar-refractivity contribution < 1.29 is 23.0 Å². The average Bonchev–Trinajstić information content (AvgIpc) is 2.93. The van der Waals surface area contributed by atoms with Crippen LogP contribution in [0, 0.1) is 5.92 Å². The lowest BCUT2D eigenvalue weighted by Gasteiger charge is -2.14. The Hall–Kier alpha value is -1.23. The van der Waals surface area contributed by atoms with E-state index < -0.39 is 6.36 Å². The highest BCUT2D eigenvalue weighted by Crippen LogP contribution is 2.64. The third kappa shape index (κ3) is 1.86. The summed E-state index contributed by atoms with van der Waals surface area (Å²) >= 11 is 0. The van der Waals surface area contributed by atoms with E-state index in [0.717, 1.165) is 24.8 Å². The minimum atomic E-state index is -4.65. The molecule has 3 unspecified atom stereocenters. The number of halogens is 3. The number of hydrogen-bond acceptors (Lipinski definition) is 2. The summed E-state index contributed by atoms with van der Waals surface area (Å²) < 4.78 is 39.9. The van der Waals surface area contributed by atoms with E-state index in [1.807, 2.05) is 0 Å². The predicted octanol–water partition coefficient (Wildman–Crippen LogP) is 3.00. The third-order valence-corrected chi connectivity index (χ3v) is 4.15. The molecule has 98 valence electrons. The fourth-order valence-electron chi connectivity index (χ4n) is 3.20. The molecule has 3 rings (SSSR count). The first-order chi connectivity index (χ1) is 8.41. The molecule has 0 radical (unpaired) electrons. The number of benzene rings is 1. The van der Waals surface area contributed by atoms with Gasteiger partial charge in [0.05, 0.1) is 6.10 Å². The molecule has 2 aliphatic rings. The van der Waals surface area contributed by atoms with Gasteiger partial charge in [0, 0.05) is 5.41 Å². The Morgan fingerprint density at radius 3 is 2.33 bits per heavy atom. The SMILES string of the molecule is OC1CCC2(c3ccc(OC(F)(F)F)cc3)CC12. The third-order valence-electron chi connectivity index (χ3n) is 4.15. The van der Waals surface area contributed by atoms with Crippen LogP contribution in [0.25, 0.3) is 0 Å². The van der Waals surface area contributed by atoms with Crippen molar-refractivity contribution in [2.75, 3.05) is 0 Å². The number of ether oxygens (including phenoxy) is 1. The molecule has 0 aliphatic heterocycles. The number of aliphatic hydroxyl groups excluding tert-OH is 1. The number of alkyl halides is 3.